The van der Waals surface area contributed by atoms with E-state index >= 15 is 0 Å². The molecule has 1 aromatic heterocycles. The van der Waals surface area contributed by atoms with Crippen LogP contribution in [-0.2, 0) is 6.54 Å². The highest BCUT2D eigenvalue weighted by atomic mass is 35.5. The monoisotopic (exact) mass is 270 g/mol. The highest BCUT2D eigenvalue weighted by Gasteiger charge is 2.21. The molecule has 18 heavy (non-hydrogen) atoms. The predicted octanol–water partition coefficient (Wildman–Crippen LogP) is 2.41. The second-order valence-corrected chi connectivity index (χ2v) is 5.57. The molecule has 4 nitrogen and oxygen atoms in total. The molecule has 1 N–H and O–H groups in total. The fourth-order valence-corrected chi connectivity index (χ4v) is 2.92. The lowest BCUT2D eigenvalue weighted by atomic mass is 9.81. The van der Waals surface area contributed by atoms with Crippen molar-refractivity contribution >= 4 is 11.6 Å². The molecule has 0 bridgehead atoms. The summed E-state index contributed by atoms with van der Waals surface area (Å²) in [5.41, 5.74) is -0.702. The van der Waals surface area contributed by atoms with Crippen molar-refractivity contribution in [3.05, 3.63) is 32.1 Å². The number of rotatable bonds is 3. The molecule has 1 aromatic rings. The van der Waals surface area contributed by atoms with Gasteiger partial charge in [0.05, 0.1) is 0 Å². The molecule has 0 aliphatic heterocycles. The van der Waals surface area contributed by atoms with Crippen LogP contribution in [0.4, 0.5) is 0 Å². The van der Waals surface area contributed by atoms with Crippen LogP contribution in [0, 0.1) is 11.8 Å². The second-order valence-electron chi connectivity index (χ2n) is 5.17. The molecule has 1 saturated carbocycles. The van der Waals surface area contributed by atoms with E-state index in [2.05, 4.69) is 11.9 Å². The van der Waals surface area contributed by atoms with Gasteiger partial charge < -0.3 is 0 Å². The fourth-order valence-electron chi connectivity index (χ4n) is 2.75. The minimum atomic E-state index is -0.398. The van der Waals surface area contributed by atoms with E-state index in [1.165, 1.54) is 29.9 Å². The van der Waals surface area contributed by atoms with Crippen LogP contribution in [0.15, 0.2) is 15.7 Å². The van der Waals surface area contributed by atoms with Crippen molar-refractivity contribution in [3.63, 3.8) is 0 Å². The second kappa shape index (κ2) is 5.74. The lowest BCUT2D eigenvalue weighted by Gasteiger charge is -2.27. The Bertz CT molecular complexity index is 481. The largest absolute Gasteiger partial charge is 0.329 e. The summed E-state index contributed by atoms with van der Waals surface area (Å²) < 4.78 is 1.27. The van der Waals surface area contributed by atoms with Gasteiger partial charge >= 0.3 is 5.69 Å². The van der Waals surface area contributed by atoms with Gasteiger partial charge in [-0.05, 0) is 24.7 Å². The summed E-state index contributed by atoms with van der Waals surface area (Å²) in [4.78, 5) is 25.9. The summed E-state index contributed by atoms with van der Waals surface area (Å²) in [5.74, 6) is 1.26. The Morgan fingerprint density at radius 1 is 1.28 bits per heavy atom. The minimum Gasteiger partial charge on any atom is -0.298 e. The first-order valence-electron chi connectivity index (χ1n) is 6.59. The van der Waals surface area contributed by atoms with Crippen molar-refractivity contribution in [1.29, 1.82) is 0 Å². The Kier molecular flexibility index (Phi) is 4.27. The minimum absolute atomic E-state index is 0.107. The third-order valence-electron chi connectivity index (χ3n) is 3.97. The summed E-state index contributed by atoms with van der Waals surface area (Å²) in [6, 6.07) is 1.26. The molecule has 1 fully saturated rings. The Morgan fingerprint density at radius 2 is 1.89 bits per heavy atom. The van der Waals surface area contributed by atoms with Crippen LogP contribution < -0.4 is 11.2 Å². The van der Waals surface area contributed by atoms with Crippen molar-refractivity contribution in [2.24, 2.45) is 11.8 Å². The molecule has 0 atom stereocenters. The lowest BCUT2D eigenvalue weighted by molar-refractivity contribution is 0.244. The zero-order valence-electron chi connectivity index (χ0n) is 10.6. The van der Waals surface area contributed by atoms with Crippen LogP contribution in [0.5, 0.6) is 0 Å². The molecule has 0 amide bonds. The van der Waals surface area contributed by atoms with Crippen molar-refractivity contribution in [1.82, 2.24) is 9.55 Å². The zero-order valence-corrected chi connectivity index (χ0v) is 11.4. The van der Waals surface area contributed by atoms with E-state index in [9.17, 15) is 9.59 Å². The number of aromatic amines is 1. The number of hydrogen-bond acceptors (Lipinski definition) is 2. The van der Waals surface area contributed by atoms with Gasteiger partial charge in [-0.3, -0.25) is 14.3 Å². The number of hydrogen-bond donors (Lipinski definition) is 1. The van der Waals surface area contributed by atoms with Crippen molar-refractivity contribution in [3.8, 4) is 0 Å². The Labute approximate surface area is 111 Å². The topological polar surface area (TPSA) is 54.9 Å². The molecule has 1 aliphatic carbocycles. The molecular weight excluding hydrogens is 252 g/mol. The van der Waals surface area contributed by atoms with Gasteiger partial charge in [-0.1, -0.05) is 37.8 Å². The molecule has 5 heteroatoms. The maximum atomic E-state index is 11.7. The van der Waals surface area contributed by atoms with Gasteiger partial charge in [-0.25, -0.2) is 4.79 Å². The van der Waals surface area contributed by atoms with E-state index < -0.39 is 5.69 Å². The highest BCUT2D eigenvalue weighted by molar-refractivity contribution is 6.29. The molecule has 2 rings (SSSR count). The van der Waals surface area contributed by atoms with Crippen LogP contribution in [0.2, 0.25) is 5.15 Å². The molecule has 1 aliphatic rings. The number of aromatic nitrogens is 2. The Hall–Kier alpha value is -1.03. The van der Waals surface area contributed by atoms with Crippen molar-refractivity contribution < 1.29 is 0 Å². The molecule has 0 radical (unpaired) electrons. The van der Waals surface area contributed by atoms with Gasteiger partial charge in [0, 0.05) is 12.6 Å². The van der Waals surface area contributed by atoms with Gasteiger partial charge in [0.25, 0.3) is 5.56 Å². The van der Waals surface area contributed by atoms with Gasteiger partial charge in [0.15, 0.2) is 0 Å². The summed E-state index contributed by atoms with van der Waals surface area (Å²) >= 11 is 5.63. The number of halogens is 1. The number of H-pyrrole nitrogens is 1. The number of nitrogens with zero attached hydrogens (tertiary/aromatic N) is 1. The van der Waals surface area contributed by atoms with E-state index in [4.69, 9.17) is 11.6 Å². The van der Waals surface area contributed by atoms with Gasteiger partial charge in [0.1, 0.15) is 5.15 Å². The molecule has 0 spiro atoms. The molecule has 1 heterocycles. The van der Waals surface area contributed by atoms with Gasteiger partial charge in [0.2, 0.25) is 0 Å². The van der Waals surface area contributed by atoms with E-state index in [-0.39, 0.29) is 10.7 Å². The fraction of sp³-hybridized carbons (Fsp3) is 0.692. The van der Waals surface area contributed by atoms with E-state index in [0.717, 1.165) is 18.8 Å². The average molecular weight is 271 g/mol. The van der Waals surface area contributed by atoms with Crippen molar-refractivity contribution in [2.45, 2.75) is 45.6 Å². The third kappa shape index (κ3) is 3.05. The SMILES string of the molecule is CCC1CCC(Cn2c(=O)cc(Cl)[nH]c2=O)CC1. The molecule has 0 saturated heterocycles. The van der Waals surface area contributed by atoms with Crippen LogP contribution in [-0.4, -0.2) is 9.55 Å². The zero-order chi connectivity index (χ0) is 13.1. The van der Waals surface area contributed by atoms with Crippen LogP contribution in [0.3, 0.4) is 0 Å². The maximum absolute atomic E-state index is 11.7. The smallest absolute Gasteiger partial charge is 0.298 e. The Balaban J connectivity index is 2.07. The lowest BCUT2D eigenvalue weighted by Crippen LogP contribution is -2.37. The first-order valence-corrected chi connectivity index (χ1v) is 6.97. The van der Waals surface area contributed by atoms with E-state index in [1.807, 2.05) is 0 Å². The number of nitrogens with one attached hydrogen (secondary N) is 1. The van der Waals surface area contributed by atoms with E-state index in [1.54, 1.807) is 0 Å². The summed E-state index contributed by atoms with van der Waals surface area (Å²) in [7, 11) is 0. The summed E-state index contributed by atoms with van der Waals surface area (Å²) in [5, 5.41) is 0.107. The van der Waals surface area contributed by atoms with Crippen LogP contribution >= 0.6 is 11.6 Å². The molecule has 0 aromatic carbocycles. The predicted molar refractivity (Wildman–Crippen MR) is 72.1 cm³/mol. The average Bonchev–Trinajstić information content (AvgIpc) is 2.34. The third-order valence-corrected chi connectivity index (χ3v) is 4.18. The molecular formula is C13H19ClN2O2. The van der Waals surface area contributed by atoms with Crippen LogP contribution in [0.25, 0.3) is 0 Å². The highest BCUT2D eigenvalue weighted by Crippen LogP contribution is 2.30. The standard InChI is InChI=1S/C13H19ClN2O2/c1-2-9-3-5-10(6-4-9)8-16-12(17)7-11(14)15-13(16)18/h7,9-10H,2-6,8H2,1H3,(H,15,18). The van der Waals surface area contributed by atoms with Gasteiger partial charge in [-0.2, -0.15) is 0 Å². The summed E-state index contributed by atoms with van der Waals surface area (Å²) in [6.07, 6.45) is 5.86. The first kappa shape index (κ1) is 13.4. The maximum Gasteiger partial charge on any atom is 0.329 e. The van der Waals surface area contributed by atoms with Crippen LogP contribution in [0.1, 0.15) is 39.0 Å². The normalized spacial score (nSPS) is 24.1. The van der Waals surface area contributed by atoms with E-state index in [0.29, 0.717) is 12.5 Å². The van der Waals surface area contributed by atoms with Gasteiger partial charge in [-0.15, -0.1) is 0 Å². The quantitative estimate of drug-likeness (QED) is 0.858. The molecule has 0 unspecified atom stereocenters. The summed E-state index contributed by atoms with van der Waals surface area (Å²) in [6.45, 7) is 2.74. The first-order chi connectivity index (χ1) is 8.60. The molecule has 100 valence electrons. The van der Waals surface area contributed by atoms with Crippen molar-refractivity contribution in [2.75, 3.05) is 0 Å². The Morgan fingerprint density at radius 3 is 2.44 bits per heavy atom.